The van der Waals surface area contributed by atoms with Gasteiger partial charge in [0.2, 0.25) is 23.6 Å². The van der Waals surface area contributed by atoms with Crippen LogP contribution in [0.1, 0.15) is 145 Å². The molecular formula is C59H87N9O18. The zero-order valence-corrected chi connectivity index (χ0v) is 51.2. The Bertz CT molecular complexity index is 2700. The maximum absolute atomic E-state index is 14.5. The second kappa shape index (κ2) is 32.5. The number of hydrogen-bond acceptors (Lipinski definition) is 19. The van der Waals surface area contributed by atoms with Gasteiger partial charge in [-0.1, -0.05) is 54.6 Å². The number of unbranched alkanes of at least 4 members (excludes halogenated alkanes) is 1. The molecule has 5 atom stereocenters. The molecule has 0 spiro atoms. The first-order chi connectivity index (χ1) is 39.9. The lowest BCUT2D eigenvalue weighted by Gasteiger charge is -2.31. The number of hydrazine groups is 1. The molecule has 0 bridgehead atoms. The van der Waals surface area contributed by atoms with E-state index in [1.54, 1.807) is 83.1 Å². The highest BCUT2D eigenvalue weighted by Gasteiger charge is 2.40. The van der Waals surface area contributed by atoms with E-state index >= 15 is 0 Å². The van der Waals surface area contributed by atoms with Crippen LogP contribution < -0.4 is 48.5 Å². The third-order valence-corrected chi connectivity index (χ3v) is 12.0. The molecule has 476 valence electrons. The standard InChI is InChI=1S/C59H87N9O18/c1-14-29-82-59(60,27-26-45(70)71)52(78)66-43(34-83-55(2,3)4)48(74)61-32-44(69)63-41(30-46(72)84-56(5,6)7)50(76)64-40(25-19-20-28-62-68-54(80)86-58(11,12)13)49(75)65-42(31-47(73)85-57(8,9)10)51(77)67-53(79)81-33-39-37-23-17-15-21-35(37)36-22-16-18-24-38(36)39/h14-18,21-24,39-43,62H,1,19-20,25-34,60H2,2-13H3,(H,61,74)(H,63,69)(H,64,76)(H,65,75)(H,66,78)(H,68,80)(H,70,71)(H,67,77,79)/t40-,41+,42+,43-,59-/m1/s1. The van der Waals surface area contributed by atoms with Gasteiger partial charge >= 0.3 is 30.1 Å². The minimum atomic E-state index is -2.26. The minimum Gasteiger partial charge on any atom is -0.481 e. The number of carbonyl (C=O) groups excluding carboxylic acids is 10. The van der Waals surface area contributed by atoms with Gasteiger partial charge in [0.15, 0.2) is 5.72 Å². The van der Waals surface area contributed by atoms with E-state index in [1.165, 1.54) is 6.08 Å². The van der Waals surface area contributed by atoms with Gasteiger partial charge in [0, 0.05) is 25.3 Å². The van der Waals surface area contributed by atoms with Crippen LogP contribution in [0.2, 0.25) is 0 Å². The van der Waals surface area contributed by atoms with Crippen molar-refractivity contribution in [3.05, 3.63) is 72.3 Å². The average molecular weight is 1210 g/mol. The van der Waals surface area contributed by atoms with Gasteiger partial charge in [-0.15, -0.1) is 6.58 Å². The van der Waals surface area contributed by atoms with Crippen molar-refractivity contribution in [3.63, 3.8) is 0 Å². The van der Waals surface area contributed by atoms with Gasteiger partial charge in [-0.05, 0) is 125 Å². The number of alkyl carbamates (subject to hydrolysis) is 1. The van der Waals surface area contributed by atoms with E-state index in [-0.39, 0.29) is 44.9 Å². The Labute approximate surface area is 501 Å². The number of benzene rings is 2. The molecule has 0 aliphatic heterocycles. The van der Waals surface area contributed by atoms with E-state index in [2.05, 4.69) is 49.3 Å². The highest BCUT2D eigenvalue weighted by atomic mass is 16.6. The summed E-state index contributed by atoms with van der Waals surface area (Å²) in [5.74, 6) is -10.2. The number of imide groups is 1. The lowest BCUT2D eigenvalue weighted by Crippen LogP contribution is -2.62. The largest absolute Gasteiger partial charge is 0.481 e. The van der Waals surface area contributed by atoms with Crippen LogP contribution in [-0.2, 0) is 71.6 Å². The van der Waals surface area contributed by atoms with E-state index in [0.717, 1.165) is 22.3 Å². The molecular weight excluding hydrogens is 1120 g/mol. The predicted molar refractivity (Wildman–Crippen MR) is 312 cm³/mol. The first-order valence-electron chi connectivity index (χ1n) is 28.1. The number of nitrogens with one attached hydrogen (secondary N) is 8. The second-order valence-electron chi connectivity index (χ2n) is 24.2. The summed E-state index contributed by atoms with van der Waals surface area (Å²) < 4.78 is 32.9. The lowest BCUT2D eigenvalue weighted by atomic mass is 9.98. The molecule has 1 aliphatic rings. The number of ether oxygens (including phenoxy) is 6. The lowest BCUT2D eigenvalue weighted by molar-refractivity contribution is -0.157. The molecule has 3 rings (SSSR count). The Balaban J connectivity index is 1.94. The Kier molecular flexibility index (Phi) is 27.3. The number of esters is 2. The number of rotatable bonds is 31. The molecule has 0 heterocycles. The number of amides is 8. The Morgan fingerprint density at radius 3 is 1.66 bits per heavy atom. The number of hydrogen-bond donors (Lipinski definition) is 10. The highest BCUT2D eigenvalue weighted by Crippen LogP contribution is 2.44. The fourth-order valence-corrected chi connectivity index (χ4v) is 8.24. The van der Waals surface area contributed by atoms with Crippen LogP contribution in [-0.4, -0.2) is 156 Å². The number of fused-ring (bicyclic) bond motifs is 3. The molecule has 11 N–H and O–H groups in total. The van der Waals surface area contributed by atoms with Gasteiger partial charge in [0.05, 0.1) is 38.2 Å². The second-order valence-corrected chi connectivity index (χ2v) is 24.2. The fourth-order valence-electron chi connectivity index (χ4n) is 8.24. The highest BCUT2D eigenvalue weighted by molar-refractivity contribution is 6.00. The Morgan fingerprint density at radius 2 is 1.14 bits per heavy atom. The minimum absolute atomic E-state index is 0.112. The smallest absolute Gasteiger partial charge is 0.422 e. The molecule has 1 aliphatic carbocycles. The Morgan fingerprint density at radius 1 is 0.616 bits per heavy atom. The van der Waals surface area contributed by atoms with Gasteiger partial charge in [-0.25, -0.2) is 15.0 Å². The molecule has 86 heavy (non-hydrogen) atoms. The van der Waals surface area contributed by atoms with Crippen LogP contribution >= 0.6 is 0 Å². The van der Waals surface area contributed by atoms with Crippen molar-refractivity contribution in [1.82, 2.24) is 42.8 Å². The summed E-state index contributed by atoms with van der Waals surface area (Å²) >= 11 is 0. The molecule has 0 saturated heterocycles. The summed E-state index contributed by atoms with van der Waals surface area (Å²) in [6.45, 7) is 21.1. The third kappa shape index (κ3) is 26.5. The topological polar surface area (TPSA) is 386 Å². The molecule has 0 saturated carbocycles. The van der Waals surface area contributed by atoms with Crippen molar-refractivity contribution in [2.45, 2.75) is 186 Å². The van der Waals surface area contributed by atoms with Gasteiger partial charge in [-0.3, -0.25) is 59.6 Å². The van der Waals surface area contributed by atoms with Crippen LogP contribution in [0.3, 0.4) is 0 Å². The summed E-state index contributed by atoms with van der Waals surface area (Å²) in [5, 5.41) is 23.4. The van der Waals surface area contributed by atoms with Gasteiger partial charge < -0.3 is 60.1 Å². The van der Waals surface area contributed by atoms with Crippen molar-refractivity contribution in [2.75, 3.05) is 32.9 Å². The van der Waals surface area contributed by atoms with Crippen LogP contribution in [0.4, 0.5) is 9.59 Å². The summed E-state index contributed by atoms with van der Waals surface area (Å²) in [7, 11) is 0. The zero-order valence-electron chi connectivity index (χ0n) is 51.2. The summed E-state index contributed by atoms with van der Waals surface area (Å²) in [6, 6.07) is 8.30. The van der Waals surface area contributed by atoms with Crippen LogP contribution in [0, 0.1) is 0 Å². The molecule has 27 heteroatoms. The first-order valence-corrected chi connectivity index (χ1v) is 28.1. The van der Waals surface area contributed by atoms with E-state index in [9.17, 15) is 57.8 Å². The van der Waals surface area contributed by atoms with Crippen molar-refractivity contribution in [3.8, 4) is 11.1 Å². The van der Waals surface area contributed by atoms with E-state index < -0.39 is 157 Å². The maximum Gasteiger partial charge on any atom is 0.422 e. The maximum atomic E-state index is 14.5. The van der Waals surface area contributed by atoms with Crippen molar-refractivity contribution < 1.29 is 86.3 Å². The van der Waals surface area contributed by atoms with Crippen LogP contribution in [0.25, 0.3) is 11.1 Å². The molecule has 0 aromatic heterocycles. The van der Waals surface area contributed by atoms with Gasteiger partial charge in [-0.2, -0.15) is 0 Å². The van der Waals surface area contributed by atoms with Crippen LogP contribution in [0.15, 0.2) is 61.2 Å². The number of aliphatic carboxylic acids is 1. The molecule has 0 unspecified atom stereocenters. The molecule has 2 aromatic rings. The molecule has 0 radical (unpaired) electrons. The summed E-state index contributed by atoms with van der Waals surface area (Å²) in [6.07, 6.45) is -3.34. The van der Waals surface area contributed by atoms with Crippen LogP contribution in [0.5, 0.6) is 0 Å². The van der Waals surface area contributed by atoms with Crippen molar-refractivity contribution in [1.29, 1.82) is 0 Å². The molecule has 27 nitrogen and oxygen atoms in total. The molecule has 0 fully saturated rings. The summed E-state index contributed by atoms with van der Waals surface area (Å²) in [4.78, 5) is 148. The van der Waals surface area contributed by atoms with Gasteiger partial charge in [0.25, 0.3) is 11.8 Å². The monoisotopic (exact) mass is 1210 g/mol. The SMILES string of the molecule is C=CCO[C@](N)(CCC(=O)O)C(=O)N[C@H](COC(C)(C)C)C(=O)NCC(=O)N[C@@H](CC(=O)OC(C)(C)C)C(=O)N[C@H](CCCCNNC(=O)OC(C)(C)C)C(=O)N[C@@H](CC(=O)OC(C)(C)C)C(=O)NC(=O)OCC1c2ccccc2-c2ccccc21. The van der Waals surface area contributed by atoms with Crippen molar-refractivity contribution in [2.24, 2.45) is 5.73 Å². The predicted octanol–water partition coefficient (Wildman–Crippen LogP) is 3.31. The van der Waals surface area contributed by atoms with E-state index in [1.807, 2.05) is 48.5 Å². The first kappa shape index (κ1) is 72.2. The average Bonchev–Trinajstić information content (AvgIpc) is 1.69. The zero-order chi connectivity index (χ0) is 64.8. The van der Waals surface area contributed by atoms with E-state index in [4.69, 9.17) is 34.2 Å². The molecule has 2 aromatic carbocycles. The number of nitrogens with two attached hydrogens (primary N) is 1. The van der Waals surface area contributed by atoms with E-state index in [0.29, 0.717) is 0 Å². The normalized spacial score (nSPS) is 14.3. The molecule has 8 amide bonds. The Hall–Kier alpha value is -8.01. The number of carboxylic acids is 1. The summed E-state index contributed by atoms with van der Waals surface area (Å²) in [5.41, 5.74) is 8.89. The fraction of sp³-hybridized carbons (Fsp3) is 0.576. The van der Waals surface area contributed by atoms with Gasteiger partial charge in [0.1, 0.15) is 47.6 Å². The number of carboxylic acid groups (broad SMARTS) is 1. The third-order valence-electron chi connectivity index (χ3n) is 12.0. The quantitative estimate of drug-likeness (QED) is 0.0129. The number of carbonyl (C=O) groups is 11. The van der Waals surface area contributed by atoms with Crippen molar-refractivity contribution >= 4 is 65.5 Å².